The molecule has 8 nitrogen and oxygen atoms in total. The molecular weight excluding hydrogens is 392 g/mol. The van der Waals surface area contributed by atoms with Crippen molar-refractivity contribution in [3.05, 3.63) is 48.9 Å². The van der Waals surface area contributed by atoms with E-state index in [0.717, 1.165) is 17.5 Å². The van der Waals surface area contributed by atoms with Crippen LogP contribution in [0.4, 0.5) is 11.4 Å². The lowest BCUT2D eigenvalue weighted by molar-refractivity contribution is 0.0790. The lowest BCUT2D eigenvalue weighted by Crippen LogP contribution is -2.30. The highest BCUT2D eigenvalue weighted by Gasteiger charge is 2.23. The minimum atomic E-state index is -0.537. The number of aromatic hydroxyl groups is 1. The van der Waals surface area contributed by atoms with E-state index < -0.39 is 11.1 Å². The van der Waals surface area contributed by atoms with Gasteiger partial charge in [0.05, 0.1) is 11.3 Å². The zero-order chi connectivity index (χ0) is 18.1. The highest BCUT2D eigenvalue weighted by molar-refractivity contribution is 9.10. The molecule has 0 radical (unpaired) electrons. The number of halogens is 1. The number of phenols is 1. The van der Waals surface area contributed by atoms with Gasteiger partial charge in [0.2, 0.25) is 0 Å². The summed E-state index contributed by atoms with van der Waals surface area (Å²) < 4.78 is 1.08. The lowest BCUT2D eigenvalue weighted by Gasteiger charge is -2.17. The number of hydrogen-bond donors (Lipinski definition) is 3. The first kappa shape index (κ1) is 17.3. The molecule has 0 unspecified atom stereocenters. The van der Waals surface area contributed by atoms with Crippen LogP contribution in [0.1, 0.15) is 23.2 Å². The van der Waals surface area contributed by atoms with Crippen LogP contribution >= 0.6 is 15.9 Å². The fourth-order valence-corrected chi connectivity index (χ4v) is 3.31. The van der Waals surface area contributed by atoms with E-state index in [9.17, 15) is 19.5 Å². The molecule has 0 saturated carbocycles. The van der Waals surface area contributed by atoms with Gasteiger partial charge in [0.1, 0.15) is 10.2 Å². The van der Waals surface area contributed by atoms with Crippen LogP contribution in [0.5, 0.6) is 5.75 Å². The third-order valence-corrected chi connectivity index (χ3v) is 4.86. The maximum atomic E-state index is 12.5. The Bertz CT molecular complexity index is 944. The van der Waals surface area contributed by atoms with E-state index in [4.69, 9.17) is 0 Å². The van der Waals surface area contributed by atoms with Crippen LogP contribution in [-0.2, 0) is 7.05 Å². The summed E-state index contributed by atoms with van der Waals surface area (Å²) in [4.78, 5) is 38.2. The average Bonchev–Trinajstić information content (AvgIpc) is 3.12. The van der Waals surface area contributed by atoms with Gasteiger partial charge in [0.25, 0.3) is 17.0 Å². The number of anilines is 2. The van der Waals surface area contributed by atoms with Crippen LogP contribution in [0, 0.1) is 0 Å². The summed E-state index contributed by atoms with van der Waals surface area (Å²) in [7, 11) is 1.42. The predicted octanol–water partition coefficient (Wildman–Crippen LogP) is 1.52. The molecule has 1 aromatic heterocycles. The molecule has 2 heterocycles. The van der Waals surface area contributed by atoms with Gasteiger partial charge >= 0.3 is 0 Å². The van der Waals surface area contributed by atoms with Crippen LogP contribution < -0.4 is 16.4 Å². The first-order valence-corrected chi connectivity index (χ1v) is 8.56. The molecule has 1 aromatic carbocycles. The number of aryl methyl sites for hydroxylation is 1. The SMILES string of the molecule is Cn1[nH]c(=O)c(Nc2cccc(C(=O)N3CCCC3)c2O)c(Br)c1=O. The molecule has 0 atom stereocenters. The van der Waals surface area contributed by atoms with E-state index in [-0.39, 0.29) is 33.1 Å². The molecular formula is C16H17BrN4O4. The number of phenolic OH excluding ortho intramolecular Hbond substituents is 1. The zero-order valence-corrected chi connectivity index (χ0v) is 15.1. The molecule has 2 aromatic rings. The summed E-state index contributed by atoms with van der Waals surface area (Å²) in [6.45, 7) is 1.33. The van der Waals surface area contributed by atoms with Crippen LogP contribution in [0.25, 0.3) is 0 Å². The fraction of sp³-hybridized carbons (Fsp3) is 0.312. The number of nitrogens with zero attached hydrogens (tertiary/aromatic N) is 2. The Morgan fingerprint density at radius 1 is 1.28 bits per heavy atom. The molecule has 1 aliphatic rings. The van der Waals surface area contributed by atoms with Crippen LogP contribution in [0.15, 0.2) is 32.3 Å². The van der Waals surface area contributed by atoms with Crippen molar-refractivity contribution in [1.82, 2.24) is 14.7 Å². The number of para-hydroxylation sites is 1. The highest BCUT2D eigenvalue weighted by Crippen LogP contribution is 2.32. The molecule has 0 bridgehead atoms. The van der Waals surface area contributed by atoms with Crippen molar-refractivity contribution in [2.75, 3.05) is 18.4 Å². The van der Waals surface area contributed by atoms with E-state index in [2.05, 4.69) is 26.3 Å². The van der Waals surface area contributed by atoms with Gasteiger partial charge in [-0.25, -0.2) is 0 Å². The molecule has 25 heavy (non-hydrogen) atoms. The van der Waals surface area contributed by atoms with Gasteiger partial charge in [0, 0.05) is 20.1 Å². The molecule has 9 heteroatoms. The topological polar surface area (TPSA) is 107 Å². The summed E-state index contributed by atoms with van der Waals surface area (Å²) in [5.41, 5.74) is -0.688. The Balaban J connectivity index is 1.99. The second-order valence-corrected chi connectivity index (χ2v) is 6.61. The van der Waals surface area contributed by atoms with E-state index in [1.54, 1.807) is 11.0 Å². The summed E-state index contributed by atoms with van der Waals surface area (Å²) in [6.07, 6.45) is 1.89. The number of carbonyl (C=O) groups excluding carboxylic acids is 1. The van der Waals surface area contributed by atoms with Crippen LogP contribution in [-0.4, -0.2) is 38.8 Å². The lowest BCUT2D eigenvalue weighted by atomic mass is 10.1. The largest absolute Gasteiger partial charge is 0.505 e. The summed E-state index contributed by atoms with van der Waals surface area (Å²) in [6, 6.07) is 4.67. The number of amides is 1. The zero-order valence-electron chi connectivity index (χ0n) is 13.5. The third kappa shape index (κ3) is 3.19. The van der Waals surface area contributed by atoms with Gasteiger partial charge in [-0.15, -0.1) is 0 Å². The molecule has 1 amide bonds. The standard InChI is InChI=1S/C16H17BrN4O4/c1-20-16(25)11(17)12(14(23)19-20)18-10-6-4-5-9(13(10)22)15(24)21-7-2-3-8-21/h4-6,18,22H,2-3,7-8H2,1H3,(H,19,23). The Hall–Kier alpha value is -2.55. The summed E-state index contributed by atoms with van der Waals surface area (Å²) >= 11 is 3.09. The maximum Gasteiger partial charge on any atom is 0.287 e. The van der Waals surface area contributed by atoms with Crippen molar-refractivity contribution < 1.29 is 9.90 Å². The van der Waals surface area contributed by atoms with Crippen LogP contribution in [0.3, 0.4) is 0 Å². The van der Waals surface area contributed by atoms with Gasteiger partial charge in [-0.05, 0) is 40.9 Å². The molecule has 3 N–H and O–H groups in total. The maximum absolute atomic E-state index is 12.5. The minimum Gasteiger partial charge on any atom is -0.505 e. The van der Waals surface area contributed by atoms with E-state index in [0.29, 0.717) is 13.1 Å². The number of aromatic amines is 1. The van der Waals surface area contributed by atoms with Crippen molar-refractivity contribution in [3.63, 3.8) is 0 Å². The highest BCUT2D eigenvalue weighted by atomic mass is 79.9. The van der Waals surface area contributed by atoms with E-state index in [1.807, 2.05) is 0 Å². The van der Waals surface area contributed by atoms with Crippen LogP contribution in [0.2, 0.25) is 0 Å². The quantitative estimate of drug-likeness (QED) is 0.667. The third-order valence-electron chi connectivity index (χ3n) is 4.13. The molecule has 132 valence electrons. The smallest absolute Gasteiger partial charge is 0.287 e. The van der Waals surface area contributed by atoms with E-state index >= 15 is 0 Å². The van der Waals surface area contributed by atoms with Crippen molar-refractivity contribution in [2.45, 2.75) is 12.8 Å². The van der Waals surface area contributed by atoms with Crippen molar-refractivity contribution >= 4 is 33.2 Å². The first-order chi connectivity index (χ1) is 11.9. The first-order valence-electron chi connectivity index (χ1n) is 7.77. The Kier molecular flexibility index (Phi) is 4.67. The number of carbonyl (C=O) groups is 1. The molecule has 0 spiro atoms. The number of benzene rings is 1. The number of likely N-dealkylation sites (tertiary alicyclic amines) is 1. The Labute approximate surface area is 151 Å². The predicted molar refractivity (Wildman–Crippen MR) is 96.5 cm³/mol. The number of nitrogens with one attached hydrogen (secondary N) is 2. The van der Waals surface area contributed by atoms with Gasteiger partial charge in [0.15, 0.2) is 5.75 Å². The minimum absolute atomic E-state index is 0.0365. The normalized spacial score (nSPS) is 13.9. The van der Waals surface area contributed by atoms with Gasteiger partial charge in [-0.2, -0.15) is 0 Å². The monoisotopic (exact) mass is 408 g/mol. The number of aromatic nitrogens is 2. The Morgan fingerprint density at radius 2 is 1.96 bits per heavy atom. The van der Waals surface area contributed by atoms with Crippen molar-refractivity contribution in [3.8, 4) is 5.75 Å². The van der Waals surface area contributed by atoms with Crippen molar-refractivity contribution in [1.29, 1.82) is 0 Å². The van der Waals surface area contributed by atoms with Gasteiger partial charge in [-0.3, -0.25) is 24.2 Å². The van der Waals surface area contributed by atoms with Gasteiger partial charge in [-0.1, -0.05) is 6.07 Å². The molecule has 1 aliphatic heterocycles. The number of hydrogen-bond acceptors (Lipinski definition) is 5. The fourth-order valence-electron chi connectivity index (χ4n) is 2.77. The Morgan fingerprint density at radius 3 is 2.64 bits per heavy atom. The van der Waals surface area contributed by atoms with Crippen molar-refractivity contribution in [2.24, 2.45) is 7.05 Å². The molecule has 1 fully saturated rings. The summed E-state index contributed by atoms with van der Waals surface area (Å²) in [5.74, 6) is -0.512. The summed E-state index contributed by atoms with van der Waals surface area (Å²) in [5, 5.41) is 15.6. The second-order valence-electron chi connectivity index (χ2n) is 5.82. The number of H-pyrrole nitrogens is 1. The average molecular weight is 409 g/mol. The number of rotatable bonds is 3. The molecule has 3 rings (SSSR count). The van der Waals surface area contributed by atoms with Gasteiger partial charge < -0.3 is 15.3 Å². The molecule has 0 aliphatic carbocycles. The second kappa shape index (κ2) is 6.75. The van der Waals surface area contributed by atoms with E-state index in [1.165, 1.54) is 19.2 Å². The molecule has 1 saturated heterocycles.